The first-order valence-corrected chi connectivity index (χ1v) is 8.16. The quantitative estimate of drug-likeness (QED) is 0.920. The molecule has 1 fully saturated rings. The second-order valence-electron chi connectivity index (χ2n) is 6.84. The molecule has 128 valence electrons. The number of ether oxygens (including phenoxy) is 1. The van der Waals surface area contributed by atoms with Crippen LogP contribution in [0, 0.1) is 0 Å². The number of aromatic nitrogens is 3. The van der Waals surface area contributed by atoms with E-state index in [1.165, 1.54) is 0 Å². The fraction of sp³-hybridized carbons (Fsp3) is 0.529. The van der Waals surface area contributed by atoms with Crippen molar-refractivity contribution in [2.75, 3.05) is 6.61 Å². The molecule has 1 saturated heterocycles. The van der Waals surface area contributed by atoms with Crippen LogP contribution in [0.5, 0.6) is 0 Å². The number of carbonyl (C=O) groups is 1. The van der Waals surface area contributed by atoms with E-state index < -0.39 is 6.04 Å². The third-order valence-electron chi connectivity index (χ3n) is 4.38. The Labute approximate surface area is 140 Å². The normalized spacial score (nSPS) is 21.4. The summed E-state index contributed by atoms with van der Waals surface area (Å²) in [6.07, 6.45) is 1.50. The van der Waals surface area contributed by atoms with Crippen molar-refractivity contribution in [3.63, 3.8) is 0 Å². The highest BCUT2D eigenvalue weighted by atomic mass is 16.5. The molecule has 2 aromatic rings. The van der Waals surface area contributed by atoms with Gasteiger partial charge in [0, 0.05) is 12.6 Å². The topological polar surface area (TPSA) is 86.1 Å². The summed E-state index contributed by atoms with van der Waals surface area (Å²) in [5.41, 5.74) is -0.0351. The first-order valence-electron chi connectivity index (χ1n) is 8.16. The Morgan fingerprint density at radius 1 is 1.42 bits per heavy atom. The average molecular weight is 330 g/mol. The molecule has 7 nitrogen and oxygen atoms in total. The SMILES string of the molecule is CC(C(=O)NC1CCOC(C)(C)C1)n1nnc2ccccc2c1=O. The van der Waals surface area contributed by atoms with E-state index in [1.807, 2.05) is 13.8 Å². The van der Waals surface area contributed by atoms with E-state index >= 15 is 0 Å². The average Bonchev–Trinajstić information content (AvgIpc) is 2.54. The van der Waals surface area contributed by atoms with Gasteiger partial charge in [-0.1, -0.05) is 17.3 Å². The third-order valence-corrected chi connectivity index (χ3v) is 4.38. The minimum absolute atomic E-state index is 0.0350. The van der Waals surface area contributed by atoms with Gasteiger partial charge in [-0.3, -0.25) is 9.59 Å². The summed E-state index contributed by atoms with van der Waals surface area (Å²) in [6, 6.07) is 6.29. The first-order chi connectivity index (χ1) is 11.4. The molecule has 24 heavy (non-hydrogen) atoms. The zero-order chi connectivity index (χ0) is 17.3. The van der Waals surface area contributed by atoms with Crippen molar-refractivity contribution in [3.05, 3.63) is 34.6 Å². The lowest BCUT2D eigenvalue weighted by atomic mass is 9.94. The molecular weight excluding hydrogens is 308 g/mol. The molecule has 0 bridgehead atoms. The van der Waals surface area contributed by atoms with Crippen LogP contribution in [0.1, 0.15) is 39.7 Å². The lowest BCUT2D eigenvalue weighted by Gasteiger charge is -2.36. The van der Waals surface area contributed by atoms with Gasteiger partial charge in [-0.15, -0.1) is 5.10 Å². The zero-order valence-corrected chi connectivity index (χ0v) is 14.2. The van der Waals surface area contributed by atoms with Crippen molar-refractivity contribution in [1.82, 2.24) is 20.3 Å². The van der Waals surface area contributed by atoms with Crippen molar-refractivity contribution in [1.29, 1.82) is 0 Å². The lowest BCUT2D eigenvalue weighted by Crippen LogP contribution is -2.48. The van der Waals surface area contributed by atoms with Crippen LogP contribution in [0.3, 0.4) is 0 Å². The molecule has 2 heterocycles. The molecule has 0 spiro atoms. The van der Waals surface area contributed by atoms with Crippen LogP contribution in [0.4, 0.5) is 0 Å². The summed E-state index contributed by atoms with van der Waals surface area (Å²) in [7, 11) is 0. The summed E-state index contributed by atoms with van der Waals surface area (Å²) >= 11 is 0. The molecule has 1 N–H and O–H groups in total. The van der Waals surface area contributed by atoms with Gasteiger partial charge < -0.3 is 10.1 Å². The number of fused-ring (bicyclic) bond motifs is 1. The van der Waals surface area contributed by atoms with Gasteiger partial charge in [0.05, 0.1) is 11.0 Å². The summed E-state index contributed by atoms with van der Waals surface area (Å²) in [5.74, 6) is -0.232. The second-order valence-corrected chi connectivity index (χ2v) is 6.84. The predicted octanol–water partition coefficient (Wildman–Crippen LogP) is 1.43. The van der Waals surface area contributed by atoms with Gasteiger partial charge in [-0.05, 0) is 45.7 Å². The number of rotatable bonds is 3. The smallest absolute Gasteiger partial charge is 0.278 e. The van der Waals surface area contributed by atoms with E-state index in [-0.39, 0.29) is 23.1 Å². The molecule has 0 radical (unpaired) electrons. The highest BCUT2D eigenvalue weighted by molar-refractivity contribution is 5.81. The van der Waals surface area contributed by atoms with E-state index in [0.717, 1.165) is 17.5 Å². The maximum Gasteiger partial charge on any atom is 0.278 e. The highest BCUT2D eigenvalue weighted by Gasteiger charge is 2.31. The molecule has 0 aliphatic carbocycles. The van der Waals surface area contributed by atoms with Crippen LogP contribution in [-0.4, -0.2) is 39.2 Å². The molecule has 0 saturated carbocycles. The van der Waals surface area contributed by atoms with Crippen LogP contribution in [0.15, 0.2) is 29.1 Å². The van der Waals surface area contributed by atoms with E-state index in [4.69, 9.17) is 4.74 Å². The summed E-state index contributed by atoms with van der Waals surface area (Å²) < 4.78 is 6.80. The molecule has 3 rings (SSSR count). The molecule has 2 atom stereocenters. The maximum atomic E-state index is 12.5. The fourth-order valence-corrected chi connectivity index (χ4v) is 3.04. The molecular formula is C17H22N4O3. The molecule has 1 aromatic heterocycles. The maximum absolute atomic E-state index is 12.5. The fourth-order valence-electron chi connectivity index (χ4n) is 3.04. The molecule has 1 aliphatic rings. The van der Waals surface area contributed by atoms with Crippen LogP contribution in [-0.2, 0) is 9.53 Å². The Morgan fingerprint density at radius 2 is 2.17 bits per heavy atom. The van der Waals surface area contributed by atoms with E-state index in [2.05, 4.69) is 15.6 Å². The molecule has 7 heteroatoms. The zero-order valence-electron chi connectivity index (χ0n) is 14.2. The van der Waals surface area contributed by atoms with Gasteiger partial charge in [0.15, 0.2) is 0 Å². The number of benzene rings is 1. The Bertz CT molecular complexity index is 815. The standard InChI is InChI=1S/C17H22N4O3/c1-11(15(22)18-12-8-9-24-17(2,3)10-12)21-16(23)13-6-4-5-7-14(13)19-20-21/h4-7,11-12H,8-10H2,1-3H3,(H,18,22). The van der Waals surface area contributed by atoms with Crippen molar-refractivity contribution >= 4 is 16.8 Å². The largest absolute Gasteiger partial charge is 0.375 e. The van der Waals surface area contributed by atoms with Gasteiger partial charge >= 0.3 is 0 Å². The molecule has 1 aliphatic heterocycles. The predicted molar refractivity (Wildman–Crippen MR) is 89.7 cm³/mol. The summed E-state index contributed by atoms with van der Waals surface area (Å²) in [5, 5.41) is 11.4. The summed E-state index contributed by atoms with van der Waals surface area (Å²) in [6.45, 7) is 6.29. The van der Waals surface area contributed by atoms with E-state index in [0.29, 0.717) is 17.5 Å². The van der Waals surface area contributed by atoms with Crippen LogP contribution < -0.4 is 10.9 Å². The molecule has 2 unspecified atom stereocenters. The van der Waals surface area contributed by atoms with Gasteiger partial charge in [0.25, 0.3) is 5.56 Å². The van der Waals surface area contributed by atoms with Gasteiger partial charge in [-0.2, -0.15) is 4.68 Å². The minimum Gasteiger partial charge on any atom is -0.375 e. The minimum atomic E-state index is -0.722. The second kappa shape index (κ2) is 6.32. The highest BCUT2D eigenvalue weighted by Crippen LogP contribution is 2.24. The first kappa shape index (κ1) is 16.6. The van der Waals surface area contributed by atoms with Crippen molar-refractivity contribution in [3.8, 4) is 0 Å². The van der Waals surface area contributed by atoms with Gasteiger partial charge in [0.2, 0.25) is 5.91 Å². The number of nitrogens with one attached hydrogen (secondary N) is 1. The molecule has 1 amide bonds. The van der Waals surface area contributed by atoms with E-state index in [1.54, 1.807) is 31.2 Å². The van der Waals surface area contributed by atoms with Crippen molar-refractivity contribution in [2.45, 2.75) is 51.3 Å². The van der Waals surface area contributed by atoms with E-state index in [9.17, 15) is 9.59 Å². The van der Waals surface area contributed by atoms with Gasteiger partial charge in [0.1, 0.15) is 11.6 Å². The van der Waals surface area contributed by atoms with Crippen molar-refractivity contribution in [2.24, 2.45) is 0 Å². The number of hydrogen-bond donors (Lipinski definition) is 1. The number of hydrogen-bond acceptors (Lipinski definition) is 5. The van der Waals surface area contributed by atoms with Crippen molar-refractivity contribution < 1.29 is 9.53 Å². The Kier molecular flexibility index (Phi) is 4.36. The monoisotopic (exact) mass is 330 g/mol. The van der Waals surface area contributed by atoms with Crippen LogP contribution >= 0.6 is 0 Å². The summed E-state index contributed by atoms with van der Waals surface area (Å²) in [4.78, 5) is 25.1. The Balaban J connectivity index is 1.79. The Morgan fingerprint density at radius 3 is 2.92 bits per heavy atom. The number of nitrogens with zero attached hydrogens (tertiary/aromatic N) is 3. The van der Waals surface area contributed by atoms with Crippen LogP contribution in [0.2, 0.25) is 0 Å². The Hall–Kier alpha value is -2.28. The van der Waals surface area contributed by atoms with Crippen LogP contribution in [0.25, 0.3) is 10.9 Å². The lowest BCUT2D eigenvalue weighted by molar-refractivity contribution is -0.127. The number of amides is 1. The third kappa shape index (κ3) is 3.31. The molecule has 1 aromatic carbocycles. The number of carbonyl (C=O) groups excluding carboxylic acids is 1. The van der Waals surface area contributed by atoms with Gasteiger partial charge in [-0.25, -0.2) is 0 Å².